The number of nitriles is 1. The van der Waals surface area contributed by atoms with Gasteiger partial charge in [0.1, 0.15) is 12.1 Å². The number of hydroxylamine groups is 2. The summed E-state index contributed by atoms with van der Waals surface area (Å²) in [6, 6.07) is 13.8. The van der Waals surface area contributed by atoms with Crippen LogP contribution in [0.4, 0.5) is 13.2 Å². The second-order valence-corrected chi connectivity index (χ2v) is 8.07. The lowest BCUT2D eigenvalue weighted by Gasteiger charge is -2.33. The second-order valence-electron chi connectivity index (χ2n) is 8.07. The summed E-state index contributed by atoms with van der Waals surface area (Å²) < 4.78 is 37.7. The van der Waals surface area contributed by atoms with Crippen LogP contribution in [0.25, 0.3) is 11.1 Å². The van der Waals surface area contributed by atoms with E-state index in [1.807, 2.05) is 12.1 Å². The molecule has 0 bridgehead atoms. The maximum atomic E-state index is 12.7. The van der Waals surface area contributed by atoms with Crippen LogP contribution in [0.15, 0.2) is 48.5 Å². The van der Waals surface area contributed by atoms with Crippen molar-refractivity contribution in [2.24, 2.45) is 5.73 Å². The molecule has 184 valence electrons. The van der Waals surface area contributed by atoms with Gasteiger partial charge in [0, 0.05) is 18.5 Å². The SMILES string of the molecule is N#C[C@H](Cc1ccc(-c2cccc(C(N)=O)c2)cc1)NC(=O)[C@@H]1CCCCN1OC(=O)C(F)(F)F. The zero-order chi connectivity index (χ0) is 25.6. The fourth-order valence-electron chi connectivity index (χ4n) is 3.75. The highest BCUT2D eigenvalue weighted by Crippen LogP contribution is 2.24. The minimum absolute atomic E-state index is 0.0183. The average molecular weight is 488 g/mol. The van der Waals surface area contributed by atoms with Crippen molar-refractivity contribution in [1.82, 2.24) is 10.4 Å². The minimum Gasteiger partial charge on any atom is -0.366 e. The fourth-order valence-corrected chi connectivity index (χ4v) is 3.75. The molecule has 1 saturated heterocycles. The third-order valence-corrected chi connectivity index (χ3v) is 5.53. The van der Waals surface area contributed by atoms with Gasteiger partial charge < -0.3 is 15.9 Å². The van der Waals surface area contributed by atoms with E-state index in [9.17, 15) is 32.8 Å². The number of primary amides is 1. The van der Waals surface area contributed by atoms with Gasteiger partial charge in [0.25, 0.3) is 0 Å². The lowest BCUT2D eigenvalue weighted by Crippen LogP contribution is -2.53. The molecule has 1 fully saturated rings. The number of carbonyl (C=O) groups is 3. The molecule has 2 amide bonds. The third-order valence-electron chi connectivity index (χ3n) is 5.53. The van der Waals surface area contributed by atoms with Crippen LogP contribution in [0, 0.1) is 11.3 Å². The summed E-state index contributed by atoms with van der Waals surface area (Å²) in [5.74, 6) is -3.62. The fraction of sp³-hybridized carbons (Fsp3) is 0.333. The van der Waals surface area contributed by atoms with Gasteiger partial charge in [-0.25, -0.2) is 4.79 Å². The maximum absolute atomic E-state index is 12.7. The predicted octanol–water partition coefficient (Wildman–Crippen LogP) is 2.88. The van der Waals surface area contributed by atoms with Gasteiger partial charge in [-0.1, -0.05) is 36.4 Å². The summed E-state index contributed by atoms with van der Waals surface area (Å²) in [6.45, 7) is -0.0183. The van der Waals surface area contributed by atoms with Gasteiger partial charge in [0.2, 0.25) is 11.8 Å². The Morgan fingerprint density at radius 1 is 1.14 bits per heavy atom. The number of hydrogen-bond acceptors (Lipinski definition) is 6. The Morgan fingerprint density at radius 3 is 2.49 bits per heavy atom. The van der Waals surface area contributed by atoms with Crippen LogP contribution in [0.3, 0.4) is 0 Å². The summed E-state index contributed by atoms with van der Waals surface area (Å²) in [5.41, 5.74) is 8.02. The molecule has 2 aromatic rings. The van der Waals surface area contributed by atoms with Gasteiger partial charge in [0.15, 0.2) is 0 Å². The first kappa shape index (κ1) is 25.7. The van der Waals surface area contributed by atoms with E-state index in [2.05, 4.69) is 10.2 Å². The number of nitrogens with two attached hydrogens (primary N) is 1. The highest BCUT2D eigenvalue weighted by atomic mass is 19.4. The topological polar surface area (TPSA) is 126 Å². The summed E-state index contributed by atoms with van der Waals surface area (Å²) in [5, 5.41) is 12.8. The smallest absolute Gasteiger partial charge is 0.366 e. The van der Waals surface area contributed by atoms with Crippen LogP contribution in [-0.4, -0.2) is 47.7 Å². The van der Waals surface area contributed by atoms with Crippen LogP contribution < -0.4 is 11.1 Å². The number of hydrogen-bond donors (Lipinski definition) is 2. The molecule has 1 heterocycles. The van der Waals surface area contributed by atoms with E-state index in [0.29, 0.717) is 18.4 Å². The van der Waals surface area contributed by atoms with Crippen LogP contribution in [-0.2, 0) is 20.8 Å². The quantitative estimate of drug-likeness (QED) is 0.617. The molecule has 11 heteroatoms. The van der Waals surface area contributed by atoms with Crippen molar-refractivity contribution in [2.75, 3.05) is 6.54 Å². The first-order chi connectivity index (χ1) is 16.6. The van der Waals surface area contributed by atoms with E-state index >= 15 is 0 Å². The molecule has 2 aromatic carbocycles. The third kappa shape index (κ3) is 6.80. The van der Waals surface area contributed by atoms with Crippen molar-refractivity contribution >= 4 is 17.8 Å². The first-order valence-corrected chi connectivity index (χ1v) is 10.8. The first-order valence-electron chi connectivity index (χ1n) is 10.8. The van der Waals surface area contributed by atoms with Gasteiger partial charge >= 0.3 is 12.1 Å². The van der Waals surface area contributed by atoms with Crippen molar-refractivity contribution in [3.05, 3.63) is 59.7 Å². The average Bonchev–Trinajstić information content (AvgIpc) is 2.83. The Kier molecular flexibility index (Phi) is 8.09. The van der Waals surface area contributed by atoms with E-state index in [4.69, 9.17) is 5.73 Å². The van der Waals surface area contributed by atoms with Gasteiger partial charge in [-0.05, 0) is 48.1 Å². The normalized spacial score (nSPS) is 17.1. The number of carbonyl (C=O) groups excluding carboxylic acids is 3. The number of nitrogens with zero attached hydrogens (tertiary/aromatic N) is 2. The molecule has 3 N–H and O–H groups in total. The molecule has 0 radical (unpaired) electrons. The molecule has 1 aliphatic heterocycles. The largest absolute Gasteiger partial charge is 0.492 e. The van der Waals surface area contributed by atoms with Crippen molar-refractivity contribution in [2.45, 2.75) is 43.9 Å². The summed E-state index contributed by atoms with van der Waals surface area (Å²) in [7, 11) is 0. The Balaban J connectivity index is 1.64. The second kappa shape index (κ2) is 11.0. The van der Waals surface area contributed by atoms with Crippen LogP contribution in [0.2, 0.25) is 0 Å². The maximum Gasteiger partial charge on any atom is 0.492 e. The van der Waals surface area contributed by atoms with E-state index in [0.717, 1.165) is 21.8 Å². The Hall–Kier alpha value is -3.91. The number of halogens is 3. The lowest BCUT2D eigenvalue weighted by atomic mass is 9.99. The summed E-state index contributed by atoms with van der Waals surface area (Å²) in [6.07, 6.45) is -3.81. The van der Waals surface area contributed by atoms with Crippen LogP contribution in [0.1, 0.15) is 35.2 Å². The molecule has 0 aliphatic carbocycles. The van der Waals surface area contributed by atoms with Gasteiger partial charge in [0.05, 0.1) is 6.07 Å². The van der Waals surface area contributed by atoms with Gasteiger partial charge in [-0.15, -0.1) is 5.06 Å². The molecular formula is C24H23F3N4O4. The Bertz CT molecular complexity index is 1130. The molecule has 3 rings (SSSR count). The zero-order valence-corrected chi connectivity index (χ0v) is 18.5. The van der Waals surface area contributed by atoms with E-state index < -0.39 is 36.0 Å². The monoisotopic (exact) mass is 488 g/mol. The van der Waals surface area contributed by atoms with Crippen molar-refractivity contribution in [1.29, 1.82) is 5.26 Å². The molecule has 8 nitrogen and oxygen atoms in total. The predicted molar refractivity (Wildman–Crippen MR) is 118 cm³/mol. The zero-order valence-electron chi connectivity index (χ0n) is 18.5. The minimum atomic E-state index is -5.18. The summed E-state index contributed by atoms with van der Waals surface area (Å²) in [4.78, 5) is 39.7. The molecule has 0 saturated carbocycles. The molecule has 0 aromatic heterocycles. The van der Waals surface area contributed by atoms with E-state index in [-0.39, 0.29) is 19.4 Å². The Labute approximate surface area is 199 Å². The number of alkyl halides is 3. The molecule has 35 heavy (non-hydrogen) atoms. The standard InChI is InChI=1S/C24H23F3N4O4/c25-24(26,27)23(34)35-31-11-2-1-6-20(31)22(33)30-19(14-28)12-15-7-9-16(10-8-15)17-4-3-5-18(13-17)21(29)32/h3-5,7-10,13,19-20H,1-2,6,11-12H2,(H2,29,32)(H,30,33)/t19-,20-/m0/s1. The van der Waals surface area contributed by atoms with Crippen molar-refractivity contribution < 1.29 is 32.4 Å². The van der Waals surface area contributed by atoms with Crippen molar-refractivity contribution in [3.8, 4) is 17.2 Å². The van der Waals surface area contributed by atoms with E-state index in [1.165, 1.54) is 0 Å². The van der Waals surface area contributed by atoms with Gasteiger partial charge in [-0.3, -0.25) is 9.59 Å². The lowest BCUT2D eigenvalue weighted by molar-refractivity contribution is -0.248. The molecule has 2 atom stereocenters. The molecule has 0 spiro atoms. The Morgan fingerprint density at radius 2 is 1.86 bits per heavy atom. The highest BCUT2D eigenvalue weighted by Gasteiger charge is 2.44. The highest BCUT2D eigenvalue weighted by molar-refractivity contribution is 5.94. The number of nitrogens with one attached hydrogen (secondary N) is 1. The molecule has 1 aliphatic rings. The molecule has 0 unspecified atom stereocenters. The number of rotatable bonds is 7. The van der Waals surface area contributed by atoms with E-state index in [1.54, 1.807) is 42.5 Å². The molecular weight excluding hydrogens is 465 g/mol. The summed E-state index contributed by atoms with van der Waals surface area (Å²) >= 11 is 0. The number of benzene rings is 2. The van der Waals surface area contributed by atoms with Crippen molar-refractivity contribution in [3.63, 3.8) is 0 Å². The van der Waals surface area contributed by atoms with Crippen LogP contribution >= 0.6 is 0 Å². The number of piperidine rings is 1. The number of amides is 2. The van der Waals surface area contributed by atoms with Crippen LogP contribution in [0.5, 0.6) is 0 Å². The van der Waals surface area contributed by atoms with Gasteiger partial charge in [-0.2, -0.15) is 18.4 Å².